The molecule has 0 atom stereocenters. The fraction of sp³-hybridized carbons (Fsp3) is 0.455. The Kier molecular flexibility index (Phi) is 4.09. The summed E-state index contributed by atoms with van der Waals surface area (Å²) in [6.07, 6.45) is -4.34. The number of alkyl halides is 3. The van der Waals surface area contributed by atoms with Gasteiger partial charge in [0.1, 0.15) is 12.3 Å². The standard InChI is InChI=1S/C11H15F3N2O/c1-7(2)17-10-5-8(3-4-9(10)15)16-6-11(12,13)14/h3-5,7,16H,6,15H2,1-2H3. The molecule has 96 valence electrons. The molecular weight excluding hydrogens is 233 g/mol. The number of hydrogen-bond acceptors (Lipinski definition) is 3. The van der Waals surface area contributed by atoms with E-state index < -0.39 is 12.7 Å². The Balaban J connectivity index is 2.74. The number of hydrogen-bond donors (Lipinski definition) is 2. The fourth-order valence-corrected chi connectivity index (χ4v) is 1.20. The van der Waals surface area contributed by atoms with Crippen molar-refractivity contribution in [1.29, 1.82) is 0 Å². The van der Waals surface area contributed by atoms with Crippen molar-refractivity contribution < 1.29 is 17.9 Å². The van der Waals surface area contributed by atoms with Crippen molar-refractivity contribution in [1.82, 2.24) is 0 Å². The Hall–Kier alpha value is -1.59. The number of ether oxygens (including phenoxy) is 1. The quantitative estimate of drug-likeness (QED) is 0.805. The second-order valence-corrected chi connectivity index (χ2v) is 3.89. The van der Waals surface area contributed by atoms with Gasteiger partial charge >= 0.3 is 6.18 Å². The van der Waals surface area contributed by atoms with Crippen molar-refractivity contribution in [3.8, 4) is 5.75 Å². The van der Waals surface area contributed by atoms with Crippen molar-refractivity contribution in [2.75, 3.05) is 17.6 Å². The molecule has 0 aliphatic carbocycles. The zero-order chi connectivity index (χ0) is 13.1. The van der Waals surface area contributed by atoms with E-state index in [2.05, 4.69) is 5.32 Å². The summed E-state index contributed by atoms with van der Waals surface area (Å²) >= 11 is 0. The smallest absolute Gasteiger partial charge is 0.405 e. The first-order chi connectivity index (χ1) is 7.78. The van der Waals surface area contributed by atoms with E-state index in [0.29, 0.717) is 17.1 Å². The summed E-state index contributed by atoms with van der Waals surface area (Å²) in [5.41, 5.74) is 6.37. The van der Waals surface area contributed by atoms with Crippen LogP contribution in [0.4, 0.5) is 24.5 Å². The molecule has 0 saturated heterocycles. The highest BCUT2D eigenvalue weighted by Crippen LogP contribution is 2.27. The van der Waals surface area contributed by atoms with Gasteiger partial charge in [-0.2, -0.15) is 13.2 Å². The van der Waals surface area contributed by atoms with Crippen LogP contribution in [0.5, 0.6) is 5.75 Å². The number of benzene rings is 1. The molecule has 0 amide bonds. The van der Waals surface area contributed by atoms with E-state index in [-0.39, 0.29) is 6.10 Å². The fourth-order valence-electron chi connectivity index (χ4n) is 1.20. The summed E-state index contributed by atoms with van der Waals surface area (Å²) in [6.45, 7) is 2.54. The molecule has 0 saturated carbocycles. The Morgan fingerprint density at radius 1 is 1.35 bits per heavy atom. The highest BCUT2D eigenvalue weighted by atomic mass is 19.4. The highest BCUT2D eigenvalue weighted by Gasteiger charge is 2.26. The highest BCUT2D eigenvalue weighted by molar-refractivity contribution is 5.61. The Morgan fingerprint density at radius 3 is 2.53 bits per heavy atom. The van der Waals surface area contributed by atoms with E-state index in [1.807, 2.05) is 13.8 Å². The lowest BCUT2D eigenvalue weighted by molar-refractivity contribution is -0.115. The van der Waals surface area contributed by atoms with E-state index in [4.69, 9.17) is 10.5 Å². The molecular formula is C11H15F3N2O. The first-order valence-corrected chi connectivity index (χ1v) is 5.15. The molecule has 0 heterocycles. The Morgan fingerprint density at radius 2 is 2.00 bits per heavy atom. The van der Waals surface area contributed by atoms with Gasteiger partial charge in [-0.05, 0) is 26.0 Å². The maximum absolute atomic E-state index is 12.0. The van der Waals surface area contributed by atoms with Gasteiger partial charge in [-0.1, -0.05) is 0 Å². The number of nitrogens with two attached hydrogens (primary N) is 1. The second kappa shape index (κ2) is 5.16. The third-order valence-electron chi connectivity index (χ3n) is 1.87. The summed E-state index contributed by atoms with van der Waals surface area (Å²) < 4.78 is 41.4. The van der Waals surface area contributed by atoms with E-state index in [0.717, 1.165) is 0 Å². The molecule has 0 aliphatic heterocycles. The summed E-state index contributed by atoms with van der Waals surface area (Å²) in [5.74, 6) is 0.382. The van der Waals surface area contributed by atoms with Crippen LogP contribution in [0, 0.1) is 0 Å². The van der Waals surface area contributed by atoms with Crippen LogP contribution >= 0.6 is 0 Å². The summed E-state index contributed by atoms with van der Waals surface area (Å²) in [4.78, 5) is 0. The Labute approximate surface area is 97.8 Å². The van der Waals surface area contributed by atoms with Crippen molar-refractivity contribution in [2.45, 2.75) is 26.1 Å². The van der Waals surface area contributed by atoms with Gasteiger partial charge in [0.25, 0.3) is 0 Å². The zero-order valence-electron chi connectivity index (χ0n) is 9.64. The average molecular weight is 248 g/mol. The van der Waals surface area contributed by atoms with Crippen molar-refractivity contribution in [2.24, 2.45) is 0 Å². The van der Waals surface area contributed by atoms with Crippen LogP contribution in [-0.4, -0.2) is 18.8 Å². The monoisotopic (exact) mass is 248 g/mol. The molecule has 0 bridgehead atoms. The molecule has 0 spiro atoms. The zero-order valence-corrected chi connectivity index (χ0v) is 9.64. The van der Waals surface area contributed by atoms with Gasteiger partial charge in [0.2, 0.25) is 0 Å². The maximum Gasteiger partial charge on any atom is 0.405 e. The minimum atomic E-state index is -4.25. The largest absolute Gasteiger partial charge is 0.489 e. The number of nitrogens with one attached hydrogen (secondary N) is 1. The molecule has 1 aromatic rings. The first-order valence-electron chi connectivity index (χ1n) is 5.15. The van der Waals surface area contributed by atoms with Crippen LogP contribution in [0.15, 0.2) is 18.2 Å². The molecule has 17 heavy (non-hydrogen) atoms. The SMILES string of the molecule is CC(C)Oc1cc(NCC(F)(F)F)ccc1N. The van der Waals surface area contributed by atoms with Gasteiger partial charge in [0, 0.05) is 11.8 Å². The Bertz CT molecular complexity index is 377. The molecule has 3 nitrogen and oxygen atoms in total. The third kappa shape index (κ3) is 4.84. The number of nitrogen functional groups attached to an aromatic ring is 1. The van der Waals surface area contributed by atoms with Gasteiger partial charge in [-0.3, -0.25) is 0 Å². The van der Waals surface area contributed by atoms with Crippen LogP contribution in [0.2, 0.25) is 0 Å². The number of halogens is 3. The summed E-state index contributed by atoms with van der Waals surface area (Å²) in [6, 6.07) is 4.45. The van der Waals surface area contributed by atoms with Gasteiger partial charge in [0.15, 0.2) is 0 Å². The van der Waals surface area contributed by atoms with Crippen LogP contribution in [-0.2, 0) is 0 Å². The van der Waals surface area contributed by atoms with Gasteiger partial charge in [-0.15, -0.1) is 0 Å². The average Bonchev–Trinajstić information content (AvgIpc) is 2.17. The second-order valence-electron chi connectivity index (χ2n) is 3.89. The predicted molar refractivity (Wildman–Crippen MR) is 61.2 cm³/mol. The topological polar surface area (TPSA) is 47.3 Å². The molecule has 0 aromatic heterocycles. The van der Waals surface area contributed by atoms with Gasteiger partial charge < -0.3 is 15.8 Å². The van der Waals surface area contributed by atoms with Gasteiger partial charge in [-0.25, -0.2) is 0 Å². The van der Waals surface area contributed by atoms with Crippen LogP contribution in [0.1, 0.15) is 13.8 Å². The molecule has 3 N–H and O–H groups in total. The van der Waals surface area contributed by atoms with Crippen LogP contribution in [0.25, 0.3) is 0 Å². The lowest BCUT2D eigenvalue weighted by Crippen LogP contribution is -2.21. The van der Waals surface area contributed by atoms with Crippen LogP contribution in [0.3, 0.4) is 0 Å². The van der Waals surface area contributed by atoms with Crippen molar-refractivity contribution in [3.05, 3.63) is 18.2 Å². The number of rotatable bonds is 4. The molecule has 0 fully saturated rings. The van der Waals surface area contributed by atoms with E-state index in [1.54, 1.807) is 0 Å². The van der Waals surface area contributed by atoms with Crippen molar-refractivity contribution in [3.63, 3.8) is 0 Å². The summed E-state index contributed by atoms with van der Waals surface area (Å²) in [5, 5.41) is 2.26. The lowest BCUT2D eigenvalue weighted by atomic mass is 10.2. The molecule has 1 rings (SSSR count). The first kappa shape index (κ1) is 13.5. The minimum Gasteiger partial charge on any atom is -0.489 e. The number of anilines is 2. The van der Waals surface area contributed by atoms with Gasteiger partial charge in [0.05, 0.1) is 11.8 Å². The van der Waals surface area contributed by atoms with E-state index in [1.165, 1.54) is 18.2 Å². The predicted octanol–water partition coefficient (Wildman–Crippen LogP) is 3.03. The van der Waals surface area contributed by atoms with Crippen LogP contribution < -0.4 is 15.8 Å². The minimum absolute atomic E-state index is 0.0878. The lowest BCUT2D eigenvalue weighted by Gasteiger charge is -2.15. The summed E-state index contributed by atoms with van der Waals surface area (Å²) in [7, 11) is 0. The third-order valence-corrected chi connectivity index (χ3v) is 1.87. The molecule has 6 heteroatoms. The maximum atomic E-state index is 12.0. The molecule has 0 aliphatic rings. The molecule has 0 unspecified atom stereocenters. The van der Waals surface area contributed by atoms with E-state index >= 15 is 0 Å². The normalized spacial score (nSPS) is 11.6. The molecule has 1 aromatic carbocycles. The van der Waals surface area contributed by atoms with E-state index in [9.17, 15) is 13.2 Å². The molecule has 0 radical (unpaired) electrons. The van der Waals surface area contributed by atoms with Crippen molar-refractivity contribution >= 4 is 11.4 Å².